The van der Waals surface area contributed by atoms with Gasteiger partial charge in [-0.05, 0) is 31.9 Å². The van der Waals surface area contributed by atoms with Gasteiger partial charge in [0.1, 0.15) is 0 Å². The Morgan fingerprint density at radius 1 is 1.32 bits per heavy atom. The molecule has 7 nitrogen and oxygen atoms in total. The van der Waals surface area contributed by atoms with E-state index in [-0.39, 0.29) is 37.4 Å². The number of amides is 2. The zero-order valence-electron chi connectivity index (χ0n) is 14.7. The largest absolute Gasteiger partial charge is 0.493 e. The zero-order valence-corrected chi connectivity index (χ0v) is 14.7. The van der Waals surface area contributed by atoms with E-state index in [0.717, 1.165) is 12.8 Å². The van der Waals surface area contributed by atoms with Crippen LogP contribution in [-0.2, 0) is 9.59 Å². The van der Waals surface area contributed by atoms with Crippen molar-refractivity contribution >= 4 is 11.8 Å². The van der Waals surface area contributed by atoms with E-state index in [2.05, 4.69) is 5.32 Å². The maximum atomic E-state index is 12.5. The summed E-state index contributed by atoms with van der Waals surface area (Å²) in [4.78, 5) is 25.9. The van der Waals surface area contributed by atoms with Crippen LogP contribution in [0.15, 0.2) is 24.3 Å². The molecular formula is C18H26N2O5. The number of nitrogens with zero attached hydrogens (tertiary/aromatic N) is 1. The Balaban J connectivity index is 1.83. The van der Waals surface area contributed by atoms with Crippen molar-refractivity contribution in [2.45, 2.75) is 38.3 Å². The first-order valence-corrected chi connectivity index (χ1v) is 8.51. The van der Waals surface area contributed by atoms with Crippen LogP contribution in [0, 0.1) is 0 Å². The summed E-state index contributed by atoms with van der Waals surface area (Å²) in [7, 11) is 1.55. The van der Waals surface area contributed by atoms with Crippen molar-refractivity contribution in [2.75, 3.05) is 26.8 Å². The van der Waals surface area contributed by atoms with Crippen molar-refractivity contribution in [3.05, 3.63) is 24.3 Å². The number of aliphatic hydroxyl groups is 1. The van der Waals surface area contributed by atoms with Crippen LogP contribution in [0.25, 0.3) is 0 Å². The topological polar surface area (TPSA) is 88.1 Å². The molecule has 1 aliphatic carbocycles. The summed E-state index contributed by atoms with van der Waals surface area (Å²) < 4.78 is 10.8. The molecule has 2 rings (SSSR count). The molecule has 0 spiro atoms. The number of carbonyl (C=O) groups is 2. The van der Waals surface area contributed by atoms with Crippen LogP contribution in [0.3, 0.4) is 0 Å². The van der Waals surface area contributed by atoms with Gasteiger partial charge >= 0.3 is 0 Å². The van der Waals surface area contributed by atoms with Crippen LogP contribution in [0.5, 0.6) is 11.5 Å². The maximum absolute atomic E-state index is 12.5. The monoisotopic (exact) mass is 350 g/mol. The first kappa shape index (κ1) is 19.1. The Labute approximate surface area is 147 Å². The molecule has 1 aromatic carbocycles. The van der Waals surface area contributed by atoms with E-state index in [1.165, 1.54) is 0 Å². The first-order valence-electron chi connectivity index (χ1n) is 8.51. The van der Waals surface area contributed by atoms with Crippen molar-refractivity contribution in [1.29, 1.82) is 0 Å². The van der Waals surface area contributed by atoms with E-state index in [0.29, 0.717) is 18.0 Å². The molecule has 25 heavy (non-hydrogen) atoms. The number of aliphatic hydroxyl groups excluding tert-OH is 1. The van der Waals surface area contributed by atoms with Crippen LogP contribution in [0.4, 0.5) is 0 Å². The molecule has 1 aliphatic rings. The van der Waals surface area contributed by atoms with Gasteiger partial charge in [-0.2, -0.15) is 0 Å². The van der Waals surface area contributed by atoms with Gasteiger partial charge in [-0.1, -0.05) is 12.1 Å². The van der Waals surface area contributed by atoms with Crippen LogP contribution < -0.4 is 14.8 Å². The van der Waals surface area contributed by atoms with Gasteiger partial charge in [0.2, 0.25) is 5.91 Å². The van der Waals surface area contributed by atoms with Crippen molar-refractivity contribution in [1.82, 2.24) is 10.2 Å². The van der Waals surface area contributed by atoms with Crippen molar-refractivity contribution < 1.29 is 24.2 Å². The second-order valence-electron chi connectivity index (χ2n) is 6.16. The molecule has 1 aromatic rings. The number of hydrogen-bond acceptors (Lipinski definition) is 5. The lowest BCUT2D eigenvalue weighted by Crippen LogP contribution is -2.40. The van der Waals surface area contributed by atoms with Gasteiger partial charge in [-0.3, -0.25) is 9.59 Å². The Hall–Kier alpha value is -2.28. The molecule has 138 valence electrons. The highest BCUT2D eigenvalue weighted by Crippen LogP contribution is 2.28. The van der Waals surface area contributed by atoms with Gasteiger partial charge in [0.15, 0.2) is 18.1 Å². The minimum atomic E-state index is -0.584. The maximum Gasteiger partial charge on any atom is 0.260 e. The normalized spacial score (nSPS) is 14.5. The number of methoxy groups -OCH3 is 1. The molecule has 7 heteroatoms. The third-order valence-electron chi connectivity index (χ3n) is 3.90. The number of carbonyl (C=O) groups excluding carboxylic acids is 2. The lowest BCUT2D eigenvalue weighted by molar-refractivity contribution is -0.134. The number of hydrogen-bond donors (Lipinski definition) is 2. The number of ether oxygens (including phenoxy) is 2. The first-order chi connectivity index (χ1) is 12.0. The molecule has 0 aliphatic heterocycles. The standard InChI is InChI=1S/C18H26N2O5/c1-13(21)11-19-17(22)9-10-20(14-7-8-14)18(23)12-25-16-6-4-3-5-15(16)24-2/h3-6,13-14,21H,7-12H2,1-2H3,(H,19,22). The average molecular weight is 350 g/mol. The van der Waals surface area contributed by atoms with E-state index in [9.17, 15) is 14.7 Å². The second kappa shape index (κ2) is 9.27. The van der Waals surface area contributed by atoms with E-state index in [1.54, 1.807) is 31.1 Å². The summed E-state index contributed by atoms with van der Waals surface area (Å²) in [5.74, 6) is 0.774. The number of benzene rings is 1. The van der Waals surface area contributed by atoms with E-state index < -0.39 is 6.10 Å². The Morgan fingerprint density at radius 3 is 2.60 bits per heavy atom. The summed E-state index contributed by atoms with van der Waals surface area (Å²) in [6.07, 6.45) is 1.54. The lowest BCUT2D eigenvalue weighted by atomic mass is 10.3. The van der Waals surface area contributed by atoms with Crippen molar-refractivity contribution in [2.24, 2.45) is 0 Å². The molecule has 1 atom stereocenters. The van der Waals surface area contributed by atoms with Gasteiger partial charge in [0, 0.05) is 25.6 Å². The summed E-state index contributed by atoms with van der Waals surface area (Å²) in [6.45, 7) is 2.08. The fourth-order valence-corrected chi connectivity index (χ4v) is 2.43. The third-order valence-corrected chi connectivity index (χ3v) is 3.90. The van der Waals surface area contributed by atoms with Crippen molar-refractivity contribution in [3.8, 4) is 11.5 Å². The van der Waals surface area contributed by atoms with Crippen LogP contribution >= 0.6 is 0 Å². The highest BCUT2D eigenvalue weighted by Gasteiger charge is 2.32. The summed E-state index contributed by atoms with van der Waals surface area (Å²) in [6, 6.07) is 7.35. The lowest BCUT2D eigenvalue weighted by Gasteiger charge is -2.22. The molecule has 0 heterocycles. The van der Waals surface area contributed by atoms with E-state index in [4.69, 9.17) is 9.47 Å². The van der Waals surface area contributed by atoms with E-state index >= 15 is 0 Å². The summed E-state index contributed by atoms with van der Waals surface area (Å²) in [5.41, 5.74) is 0. The molecule has 2 N–H and O–H groups in total. The Kier molecular flexibility index (Phi) is 7.06. The molecule has 1 fully saturated rings. The van der Waals surface area contributed by atoms with Gasteiger partial charge in [0.25, 0.3) is 5.91 Å². The van der Waals surface area contributed by atoms with Crippen LogP contribution in [0.2, 0.25) is 0 Å². The fraction of sp³-hybridized carbons (Fsp3) is 0.556. The SMILES string of the molecule is COc1ccccc1OCC(=O)N(CCC(=O)NCC(C)O)C1CC1. The highest BCUT2D eigenvalue weighted by atomic mass is 16.5. The molecule has 1 saturated carbocycles. The predicted molar refractivity (Wildman–Crippen MR) is 92.5 cm³/mol. The molecule has 0 aromatic heterocycles. The van der Waals surface area contributed by atoms with Gasteiger partial charge in [-0.25, -0.2) is 0 Å². The summed E-state index contributed by atoms with van der Waals surface area (Å²) in [5, 5.41) is 11.8. The zero-order chi connectivity index (χ0) is 18.2. The Bertz CT molecular complexity index is 587. The third kappa shape index (κ3) is 6.26. The number of para-hydroxylation sites is 2. The average Bonchev–Trinajstić information content (AvgIpc) is 3.43. The fourth-order valence-electron chi connectivity index (χ4n) is 2.43. The van der Waals surface area contributed by atoms with Crippen molar-refractivity contribution in [3.63, 3.8) is 0 Å². The van der Waals surface area contributed by atoms with Gasteiger partial charge in [-0.15, -0.1) is 0 Å². The predicted octanol–water partition coefficient (Wildman–Crippen LogP) is 0.952. The summed E-state index contributed by atoms with van der Waals surface area (Å²) >= 11 is 0. The number of rotatable bonds is 10. The molecule has 1 unspecified atom stereocenters. The quantitative estimate of drug-likeness (QED) is 0.656. The number of nitrogens with one attached hydrogen (secondary N) is 1. The van der Waals surface area contributed by atoms with E-state index in [1.807, 2.05) is 12.1 Å². The second-order valence-corrected chi connectivity index (χ2v) is 6.16. The van der Waals surface area contributed by atoms with Gasteiger partial charge in [0.05, 0.1) is 13.2 Å². The Morgan fingerprint density at radius 2 is 2.00 bits per heavy atom. The van der Waals surface area contributed by atoms with Crippen LogP contribution in [0.1, 0.15) is 26.2 Å². The smallest absolute Gasteiger partial charge is 0.260 e. The molecule has 0 radical (unpaired) electrons. The van der Waals surface area contributed by atoms with Crippen LogP contribution in [-0.4, -0.2) is 60.8 Å². The molecular weight excluding hydrogens is 324 g/mol. The van der Waals surface area contributed by atoms with Gasteiger partial charge < -0.3 is 24.8 Å². The molecule has 0 bridgehead atoms. The minimum absolute atomic E-state index is 0.0911. The minimum Gasteiger partial charge on any atom is -0.493 e. The molecule has 2 amide bonds. The highest BCUT2D eigenvalue weighted by molar-refractivity contribution is 5.80. The molecule has 0 saturated heterocycles.